The standard InChI is InChI=1S/C11H18O3/c1-3-9(12)11(14)6-8-7(2)4-5-10(8)13/h9,11-12,14H,3-6H2,1-2H3/t9-,11-/m0/s1. The average molecular weight is 198 g/mol. The molecular formula is C11H18O3. The molecule has 0 aliphatic heterocycles. The molecule has 0 radical (unpaired) electrons. The lowest BCUT2D eigenvalue weighted by Gasteiger charge is -2.16. The molecule has 3 nitrogen and oxygen atoms in total. The van der Waals surface area contributed by atoms with Gasteiger partial charge < -0.3 is 10.2 Å². The van der Waals surface area contributed by atoms with Gasteiger partial charge in [-0.2, -0.15) is 0 Å². The molecule has 0 amide bonds. The molecule has 0 saturated heterocycles. The van der Waals surface area contributed by atoms with Crippen LogP contribution in [-0.4, -0.2) is 28.2 Å². The summed E-state index contributed by atoms with van der Waals surface area (Å²) in [6.45, 7) is 3.73. The van der Waals surface area contributed by atoms with Crippen molar-refractivity contribution >= 4 is 5.78 Å². The quantitative estimate of drug-likeness (QED) is 0.713. The van der Waals surface area contributed by atoms with E-state index in [-0.39, 0.29) is 5.78 Å². The number of Topliss-reactive ketones (excluding diaryl/α,β-unsaturated/α-hetero) is 1. The summed E-state index contributed by atoms with van der Waals surface area (Å²) >= 11 is 0. The van der Waals surface area contributed by atoms with Crippen LogP contribution in [0.4, 0.5) is 0 Å². The van der Waals surface area contributed by atoms with Gasteiger partial charge in [0.25, 0.3) is 0 Å². The number of allylic oxidation sites excluding steroid dienone is 1. The van der Waals surface area contributed by atoms with Crippen LogP contribution >= 0.6 is 0 Å². The minimum Gasteiger partial charge on any atom is -0.390 e. The first-order valence-corrected chi connectivity index (χ1v) is 5.14. The Morgan fingerprint density at radius 3 is 2.36 bits per heavy atom. The number of carbonyl (C=O) groups excluding carboxylic acids is 1. The number of rotatable bonds is 4. The number of hydrogen-bond acceptors (Lipinski definition) is 3. The lowest BCUT2D eigenvalue weighted by molar-refractivity contribution is -0.115. The second kappa shape index (κ2) is 4.71. The summed E-state index contributed by atoms with van der Waals surface area (Å²) in [6.07, 6.45) is 0.677. The Hall–Kier alpha value is -0.670. The molecule has 80 valence electrons. The molecular weight excluding hydrogens is 180 g/mol. The van der Waals surface area contributed by atoms with E-state index < -0.39 is 12.2 Å². The molecule has 0 fully saturated rings. The summed E-state index contributed by atoms with van der Waals surface area (Å²) in [5.41, 5.74) is 1.79. The Labute approximate surface area is 84.4 Å². The summed E-state index contributed by atoms with van der Waals surface area (Å²) in [6, 6.07) is 0. The summed E-state index contributed by atoms with van der Waals surface area (Å²) in [4.78, 5) is 11.4. The van der Waals surface area contributed by atoms with Crippen molar-refractivity contribution in [1.82, 2.24) is 0 Å². The van der Waals surface area contributed by atoms with Crippen LogP contribution < -0.4 is 0 Å². The van der Waals surface area contributed by atoms with Crippen LogP contribution in [0.5, 0.6) is 0 Å². The predicted octanol–water partition coefficient (Wildman–Crippen LogP) is 1.19. The lowest BCUT2D eigenvalue weighted by Crippen LogP contribution is -2.26. The van der Waals surface area contributed by atoms with Gasteiger partial charge >= 0.3 is 0 Å². The summed E-state index contributed by atoms with van der Waals surface area (Å²) in [5.74, 6) is 0.129. The third-order valence-electron chi connectivity index (χ3n) is 2.85. The Morgan fingerprint density at radius 2 is 1.93 bits per heavy atom. The Bertz CT molecular complexity index is 255. The van der Waals surface area contributed by atoms with Crippen molar-refractivity contribution in [3.8, 4) is 0 Å². The van der Waals surface area contributed by atoms with Gasteiger partial charge in [-0.1, -0.05) is 12.5 Å². The van der Waals surface area contributed by atoms with E-state index in [9.17, 15) is 15.0 Å². The van der Waals surface area contributed by atoms with Crippen molar-refractivity contribution in [3.63, 3.8) is 0 Å². The molecule has 14 heavy (non-hydrogen) atoms. The molecule has 0 spiro atoms. The third kappa shape index (κ3) is 2.42. The first-order valence-electron chi connectivity index (χ1n) is 5.14. The Kier molecular flexibility index (Phi) is 3.84. The minimum absolute atomic E-state index is 0.129. The zero-order valence-corrected chi connectivity index (χ0v) is 8.79. The van der Waals surface area contributed by atoms with E-state index >= 15 is 0 Å². The highest BCUT2D eigenvalue weighted by molar-refractivity contribution is 5.98. The molecule has 0 aromatic carbocycles. The van der Waals surface area contributed by atoms with Crippen molar-refractivity contribution in [2.24, 2.45) is 0 Å². The predicted molar refractivity (Wildman–Crippen MR) is 53.9 cm³/mol. The first-order chi connectivity index (χ1) is 6.56. The fourth-order valence-corrected chi connectivity index (χ4v) is 1.75. The van der Waals surface area contributed by atoms with Gasteiger partial charge in [0.05, 0.1) is 12.2 Å². The highest BCUT2D eigenvalue weighted by atomic mass is 16.3. The first kappa shape index (κ1) is 11.4. The second-order valence-electron chi connectivity index (χ2n) is 3.93. The number of hydrogen-bond donors (Lipinski definition) is 2. The van der Waals surface area contributed by atoms with Crippen LogP contribution in [-0.2, 0) is 4.79 Å². The van der Waals surface area contributed by atoms with Gasteiger partial charge in [-0.05, 0) is 25.3 Å². The molecule has 0 saturated carbocycles. The maximum Gasteiger partial charge on any atom is 0.159 e. The van der Waals surface area contributed by atoms with Gasteiger partial charge in [0.1, 0.15) is 0 Å². The normalized spacial score (nSPS) is 21.6. The van der Waals surface area contributed by atoms with Crippen LogP contribution in [0, 0.1) is 0 Å². The van der Waals surface area contributed by atoms with E-state index in [2.05, 4.69) is 0 Å². The largest absolute Gasteiger partial charge is 0.390 e. The van der Waals surface area contributed by atoms with E-state index in [0.717, 1.165) is 17.6 Å². The summed E-state index contributed by atoms with van der Waals surface area (Å²) in [5, 5.41) is 19.0. The molecule has 2 N–H and O–H groups in total. The summed E-state index contributed by atoms with van der Waals surface area (Å²) in [7, 11) is 0. The van der Waals surface area contributed by atoms with Crippen LogP contribution in [0.15, 0.2) is 11.1 Å². The lowest BCUT2D eigenvalue weighted by atomic mass is 10.00. The molecule has 0 unspecified atom stereocenters. The van der Waals surface area contributed by atoms with Crippen molar-refractivity contribution in [2.45, 2.75) is 51.7 Å². The third-order valence-corrected chi connectivity index (χ3v) is 2.85. The van der Waals surface area contributed by atoms with E-state index in [4.69, 9.17) is 0 Å². The van der Waals surface area contributed by atoms with Crippen molar-refractivity contribution in [2.75, 3.05) is 0 Å². The van der Waals surface area contributed by atoms with Gasteiger partial charge in [0.15, 0.2) is 5.78 Å². The topological polar surface area (TPSA) is 57.5 Å². The molecule has 0 bridgehead atoms. The minimum atomic E-state index is -0.799. The van der Waals surface area contributed by atoms with Crippen molar-refractivity contribution in [1.29, 1.82) is 0 Å². The summed E-state index contributed by atoms with van der Waals surface area (Å²) < 4.78 is 0. The second-order valence-corrected chi connectivity index (χ2v) is 3.93. The fraction of sp³-hybridized carbons (Fsp3) is 0.727. The molecule has 0 heterocycles. The highest BCUT2D eigenvalue weighted by Gasteiger charge is 2.24. The number of ketones is 1. The van der Waals surface area contributed by atoms with Gasteiger partial charge in [-0.15, -0.1) is 0 Å². The van der Waals surface area contributed by atoms with Crippen molar-refractivity contribution in [3.05, 3.63) is 11.1 Å². The molecule has 3 heteroatoms. The van der Waals surface area contributed by atoms with E-state index in [1.807, 2.05) is 13.8 Å². The van der Waals surface area contributed by atoms with E-state index in [1.54, 1.807) is 0 Å². The maximum atomic E-state index is 11.4. The Balaban J connectivity index is 2.59. The number of carbonyl (C=O) groups is 1. The Morgan fingerprint density at radius 1 is 1.29 bits per heavy atom. The van der Waals surface area contributed by atoms with Crippen LogP contribution in [0.2, 0.25) is 0 Å². The molecule has 1 aliphatic rings. The van der Waals surface area contributed by atoms with Crippen LogP contribution in [0.25, 0.3) is 0 Å². The van der Waals surface area contributed by atoms with E-state index in [1.165, 1.54) is 0 Å². The van der Waals surface area contributed by atoms with Crippen molar-refractivity contribution < 1.29 is 15.0 Å². The van der Waals surface area contributed by atoms with Gasteiger partial charge in [0.2, 0.25) is 0 Å². The molecule has 2 atom stereocenters. The molecule has 0 aromatic rings. The number of aliphatic hydroxyl groups excluding tert-OH is 2. The molecule has 1 rings (SSSR count). The van der Waals surface area contributed by atoms with Gasteiger partial charge in [-0.25, -0.2) is 0 Å². The average Bonchev–Trinajstić information content (AvgIpc) is 2.48. The fourth-order valence-electron chi connectivity index (χ4n) is 1.75. The van der Waals surface area contributed by atoms with Crippen LogP contribution in [0.3, 0.4) is 0 Å². The zero-order chi connectivity index (χ0) is 10.7. The SMILES string of the molecule is CC[C@H](O)[C@@H](O)CC1=C(C)CCC1=O. The van der Waals surface area contributed by atoms with Gasteiger partial charge in [-0.3, -0.25) is 4.79 Å². The maximum absolute atomic E-state index is 11.4. The smallest absolute Gasteiger partial charge is 0.159 e. The number of aliphatic hydroxyl groups is 2. The molecule has 1 aliphatic carbocycles. The zero-order valence-electron chi connectivity index (χ0n) is 8.79. The highest BCUT2D eigenvalue weighted by Crippen LogP contribution is 2.26. The monoisotopic (exact) mass is 198 g/mol. The van der Waals surface area contributed by atoms with Gasteiger partial charge in [0, 0.05) is 12.8 Å². The van der Waals surface area contributed by atoms with E-state index in [0.29, 0.717) is 19.3 Å². The molecule has 0 aromatic heterocycles. The van der Waals surface area contributed by atoms with Crippen LogP contribution in [0.1, 0.15) is 39.5 Å².